The van der Waals surface area contributed by atoms with Crippen molar-refractivity contribution < 1.29 is 18.7 Å². The quantitative estimate of drug-likeness (QED) is 0.572. The van der Waals surface area contributed by atoms with E-state index in [4.69, 9.17) is 13.9 Å². The highest BCUT2D eigenvalue weighted by molar-refractivity contribution is 7.99. The molecule has 7 nitrogen and oxygen atoms in total. The lowest BCUT2D eigenvalue weighted by atomic mass is 10.1. The number of ether oxygens (including phenoxy) is 2. The van der Waals surface area contributed by atoms with Crippen molar-refractivity contribution in [3.05, 3.63) is 48.0 Å². The summed E-state index contributed by atoms with van der Waals surface area (Å²) < 4.78 is 16.2. The number of hydrogen-bond donors (Lipinski definition) is 1. The van der Waals surface area contributed by atoms with Crippen LogP contribution in [0.15, 0.2) is 52.1 Å². The Bertz CT molecular complexity index is 958. The first-order valence-corrected chi connectivity index (χ1v) is 9.69. The summed E-state index contributed by atoms with van der Waals surface area (Å²) in [6.45, 7) is 2.05. The van der Waals surface area contributed by atoms with Crippen molar-refractivity contribution in [2.24, 2.45) is 0 Å². The van der Waals surface area contributed by atoms with E-state index in [2.05, 4.69) is 15.5 Å². The zero-order valence-corrected chi connectivity index (χ0v) is 16.7. The van der Waals surface area contributed by atoms with E-state index in [9.17, 15) is 4.79 Å². The van der Waals surface area contributed by atoms with Gasteiger partial charge in [-0.3, -0.25) is 4.79 Å². The van der Waals surface area contributed by atoms with Gasteiger partial charge < -0.3 is 19.2 Å². The van der Waals surface area contributed by atoms with E-state index in [0.717, 1.165) is 17.7 Å². The molecule has 0 atom stereocenters. The lowest BCUT2D eigenvalue weighted by molar-refractivity contribution is -0.113. The van der Waals surface area contributed by atoms with Crippen molar-refractivity contribution in [1.82, 2.24) is 10.2 Å². The lowest BCUT2D eigenvalue weighted by Gasteiger charge is -2.08. The molecular weight excluding hydrogens is 378 g/mol. The molecule has 1 heterocycles. The van der Waals surface area contributed by atoms with Gasteiger partial charge in [0.05, 0.1) is 25.5 Å². The summed E-state index contributed by atoms with van der Waals surface area (Å²) in [6.07, 6.45) is 0.848. The molecule has 1 N–H and O–H groups in total. The lowest BCUT2D eigenvalue weighted by Crippen LogP contribution is -2.15. The molecule has 0 unspecified atom stereocenters. The van der Waals surface area contributed by atoms with Gasteiger partial charge in [0.1, 0.15) is 11.5 Å². The number of thioether (sulfide) groups is 1. The minimum absolute atomic E-state index is 0.132. The summed E-state index contributed by atoms with van der Waals surface area (Å²) in [5, 5.41) is 11.3. The molecule has 0 aliphatic rings. The molecule has 0 radical (unpaired) electrons. The third-order valence-electron chi connectivity index (χ3n) is 4.04. The molecule has 0 fully saturated rings. The molecule has 3 rings (SSSR count). The number of aryl methyl sites for hydroxylation is 1. The molecule has 0 saturated heterocycles. The molecule has 1 amide bonds. The van der Waals surface area contributed by atoms with Crippen molar-refractivity contribution in [1.29, 1.82) is 0 Å². The fourth-order valence-corrected chi connectivity index (χ4v) is 3.18. The van der Waals surface area contributed by atoms with Crippen LogP contribution in [0, 0.1) is 0 Å². The fourth-order valence-electron chi connectivity index (χ4n) is 2.62. The zero-order chi connectivity index (χ0) is 19.9. The Morgan fingerprint density at radius 1 is 1.14 bits per heavy atom. The number of rotatable bonds is 8. The van der Waals surface area contributed by atoms with Crippen LogP contribution in [0.2, 0.25) is 0 Å². The van der Waals surface area contributed by atoms with Gasteiger partial charge >= 0.3 is 0 Å². The topological polar surface area (TPSA) is 86.5 Å². The van der Waals surface area contributed by atoms with E-state index < -0.39 is 0 Å². The summed E-state index contributed by atoms with van der Waals surface area (Å²) >= 11 is 1.18. The Kier molecular flexibility index (Phi) is 6.54. The van der Waals surface area contributed by atoms with Gasteiger partial charge in [-0.05, 0) is 30.2 Å². The fraction of sp³-hybridized carbons (Fsp3) is 0.250. The van der Waals surface area contributed by atoms with Crippen molar-refractivity contribution >= 4 is 23.4 Å². The second kappa shape index (κ2) is 9.27. The molecule has 0 aliphatic heterocycles. The van der Waals surface area contributed by atoms with Gasteiger partial charge in [0.2, 0.25) is 5.91 Å². The number of carbonyl (C=O) groups excluding carboxylic acids is 1. The van der Waals surface area contributed by atoms with Crippen LogP contribution in [-0.4, -0.2) is 36.1 Å². The van der Waals surface area contributed by atoms with Crippen molar-refractivity contribution in [2.45, 2.75) is 18.6 Å². The number of anilines is 1. The normalized spacial score (nSPS) is 10.5. The number of nitrogens with zero attached hydrogens (tertiary/aromatic N) is 2. The maximum atomic E-state index is 12.2. The van der Waals surface area contributed by atoms with E-state index in [1.165, 1.54) is 11.8 Å². The first kappa shape index (κ1) is 19.8. The maximum absolute atomic E-state index is 12.2. The smallest absolute Gasteiger partial charge is 0.277 e. The average molecular weight is 399 g/mol. The second-order valence-electron chi connectivity index (χ2n) is 5.79. The number of para-hydroxylation sites is 1. The molecule has 1 aromatic heterocycles. The molecule has 3 aromatic rings. The molecule has 8 heteroatoms. The molecule has 0 aliphatic carbocycles. The highest BCUT2D eigenvalue weighted by Crippen LogP contribution is 2.33. The Morgan fingerprint density at radius 2 is 1.96 bits per heavy atom. The van der Waals surface area contributed by atoms with Gasteiger partial charge in [0.25, 0.3) is 11.1 Å². The summed E-state index contributed by atoms with van der Waals surface area (Å²) in [4.78, 5) is 12.2. The SMILES string of the molecule is CCc1ccccc1NC(=O)CSc1nnc(-c2ccc(OC)cc2OC)o1. The third-order valence-corrected chi connectivity index (χ3v) is 4.86. The van der Waals surface area contributed by atoms with E-state index in [1.54, 1.807) is 32.4 Å². The molecule has 2 aromatic carbocycles. The predicted octanol–water partition coefficient (Wildman–Crippen LogP) is 4.05. The van der Waals surface area contributed by atoms with Crippen molar-refractivity contribution in [3.63, 3.8) is 0 Å². The first-order valence-electron chi connectivity index (χ1n) is 8.71. The highest BCUT2D eigenvalue weighted by atomic mass is 32.2. The van der Waals surface area contributed by atoms with Gasteiger partial charge in [-0.2, -0.15) is 0 Å². The van der Waals surface area contributed by atoms with Crippen LogP contribution in [0.4, 0.5) is 5.69 Å². The molecule has 28 heavy (non-hydrogen) atoms. The van der Waals surface area contributed by atoms with Gasteiger partial charge in [-0.25, -0.2) is 0 Å². The highest BCUT2D eigenvalue weighted by Gasteiger charge is 2.16. The summed E-state index contributed by atoms with van der Waals surface area (Å²) in [5.41, 5.74) is 2.57. The second-order valence-corrected chi connectivity index (χ2v) is 6.71. The molecule has 146 valence electrons. The van der Waals surface area contributed by atoms with E-state index in [1.807, 2.05) is 31.2 Å². The van der Waals surface area contributed by atoms with Crippen LogP contribution >= 0.6 is 11.8 Å². The van der Waals surface area contributed by atoms with Crippen LogP contribution in [0.3, 0.4) is 0 Å². The Hall–Kier alpha value is -3.00. The average Bonchev–Trinajstić information content (AvgIpc) is 3.21. The van der Waals surface area contributed by atoms with Gasteiger partial charge in [0, 0.05) is 11.8 Å². The monoisotopic (exact) mass is 399 g/mol. The van der Waals surface area contributed by atoms with Crippen LogP contribution in [0.5, 0.6) is 11.5 Å². The van der Waals surface area contributed by atoms with E-state index >= 15 is 0 Å². The van der Waals surface area contributed by atoms with Crippen LogP contribution in [0.1, 0.15) is 12.5 Å². The largest absolute Gasteiger partial charge is 0.497 e. The minimum Gasteiger partial charge on any atom is -0.497 e. The van der Waals surface area contributed by atoms with Crippen LogP contribution in [0.25, 0.3) is 11.5 Å². The molecule has 0 bridgehead atoms. The van der Waals surface area contributed by atoms with Crippen LogP contribution < -0.4 is 14.8 Å². The summed E-state index contributed by atoms with van der Waals surface area (Å²) in [5.74, 6) is 1.58. The number of methoxy groups -OCH3 is 2. The zero-order valence-electron chi connectivity index (χ0n) is 15.9. The van der Waals surface area contributed by atoms with Crippen molar-refractivity contribution in [3.8, 4) is 23.0 Å². The minimum atomic E-state index is -0.132. The van der Waals surface area contributed by atoms with E-state index in [-0.39, 0.29) is 11.7 Å². The summed E-state index contributed by atoms with van der Waals surface area (Å²) in [6, 6.07) is 13.1. The number of nitrogens with one attached hydrogen (secondary N) is 1. The molecule has 0 spiro atoms. The Balaban J connectivity index is 1.64. The number of amides is 1. The van der Waals surface area contributed by atoms with Gasteiger partial charge in [0.15, 0.2) is 0 Å². The molecule has 0 saturated carbocycles. The first-order chi connectivity index (χ1) is 13.6. The number of aromatic nitrogens is 2. The number of carbonyl (C=O) groups is 1. The Labute approximate surface area is 167 Å². The van der Waals surface area contributed by atoms with Crippen LogP contribution in [-0.2, 0) is 11.2 Å². The van der Waals surface area contributed by atoms with Gasteiger partial charge in [-0.1, -0.05) is 36.9 Å². The third kappa shape index (κ3) is 4.64. The number of benzene rings is 2. The number of hydrogen-bond acceptors (Lipinski definition) is 7. The van der Waals surface area contributed by atoms with E-state index in [0.29, 0.717) is 28.2 Å². The predicted molar refractivity (Wildman–Crippen MR) is 108 cm³/mol. The van der Waals surface area contributed by atoms with Gasteiger partial charge in [-0.15, -0.1) is 10.2 Å². The summed E-state index contributed by atoms with van der Waals surface area (Å²) in [7, 11) is 3.14. The Morgan fingerprint density at radius 3 is 2.71 bits per heavy atom. The van der Waals surface area contributed by atoms with Crippen molar-refractivity contribution in [2.75, 3.05) is 25.3 Å². The standard InChI is InChI=1S/C20H21N3O4S/c1-4-13-7-5-6-8-16(13)21-18(24)12-28-20-23-22-19(27-20)15-10-9-14(25-2)11-17(15)26-3/h5-11H,4,12H2,1-3H3,(H,21,24). The maximum Gasteiger partial charge on any atom is 0.277 e. The molecular formula is C20H21N3O4S.